The van der Waals surface area contributed by atoms with Crippen molar-refractivity contribution in [1.82, 2.24) is 5.32 Å². The summed E-state index contributed by atoms with van der Waals surface area (Å²) in [5.74, 6) is 0.809. The van der Waals surface area contributed by atoms with Gasteiger partial charge in [-0.05, 0) is 43.2 Å². The van der Waals surface area contributed by atoms with Gasteiger partial charge in [0.2, 0.25) is 0 Å². The molecule has 4 nitrogen and oxygen atoms in total. The second-order valence-corrected chi connectivity index (χ2v) is 6.32. The molecule has 0 unspecified atom stereocenters. The summed E-state index contributed by atoms with van der Waals surface area (Å²) in [7, 11) is 0. The molecule has 2 rings (SSSR count). The Bertz CT molecular complexity index is 710. The third kappa shape index (κ3) is 5.45. The molecule has 0 fully saturated rings. The number of hydrogen-bond donors (Lipinski definition) is 1. The van der Waals surface area contributed by atoms with Gasteiger partial charge in [0, 0.05) is 24.4 Å². The predicted octanol–water partition coefficient (Wildman–Crippen LogP) is 4.36. The van der Waals surface area contributed by atoms with Crippen LogP contribution in [0.1, 0.15) is 55.5 Å². The van der Waals surface area contributed by atoms with Crippen molar-refractivity contribution in [2.24, 2.45) is 0 Å². The minimum absolute atomic E-state index is 0.0915. The highest BCUT2D eigenvalue weighted by Gasteiger charge is 2.17. The molecule has 0 saturated heterocycles. The van der Waals surface area contributed by atoms with Crippen molar-refractivity contribution >= 4 is 11.7 Å². The number of rotatable bonds is 9. The number of carbonyl (C=O) groups excluding carboxylic acids is 2. The Kier molecular flexibility index (Phi) is 7.39. The van der Waals surface area contributed by atoms with Gasteiger partial charge in [-0.25, -0.2) is 0 Å². The van der Waals surface area contributed by atoms with Gasteiger partial charge in [0.05, 0.1) is 0 Å². The van der Waals surface area contributed by atoms with E-state index in [1.54, 1.807) is 31.2 Å². The summed E-state index contributed by atoms with van der Waals surface area (Å²) in [5.41, 5.74) is 1.88. The molecule has 0 aliphatic carbocycles. The molecule has 0 spiro atoms. The second-order valence-electron chi connectivity index (χ2n) is 6.32. The van der Waals surface area contributed by atoms with E-state index >= 15 is 0 Å². The standard InChI is InChI=1S/C22H27NO3/c1-4-17(18-9-7-6-8-10-18)15-23-22(25)16(3)26-20-13-11-19(12-14-20)21(24)5-2/h6-14,16-17H,4-5,15H2,1-3H3,(H,23,25)/t16-,17+/m1/s1. The Morgan fingerprint density at radius 3 is 2.23 bits per heavy atom. The third-order valence-corrected chi connectivity index (χ3v) is 4.47. The number of Topliss-reactive ketones (excluding diaryl/α,β-unsaturated/α-hetero) is 1. The second kappa shape index (κ2) is 9.76. The van der Waals surface area contributed by atoms with E-state index < -0.39 is 6.10 Å². The van der Waals surface area contributed by atoms with Crippen LogP contribution in [-0.4, -0.2) is 24.3 Å². The zero-order chi connectivity index (χ0) is 18.9. The summed E-state index contributed by atoms with van der Waals surface area (Å²) in [5, 5.41) is 2.97. The maximum atomic E-state index is 12.3. The molecule has 26 heavy (non-hydrogen) atoms. The molecule has 1 amide bonds. The fraction of sp³-hybridized carbons (Fsp3) is 0.364. The highest BCUT2D eigenvalue weighted by molar-refractivity contribution is 5.95. The summed E-state index contributed by atoms with van der Waals surface area (Å²) in [6.07, 6.45) is 0.821. The molecule has 0 radical (unpaired) electrons. The van der Waals surface area contributed by atoms with E-state index in [0.717, 1.165) is 6.42 Å². The maximum Gasteiger partial charge on any atom is 0.260 e. The van der Waals surface area contributed by atoms with Crippen molar-refractivity contribution < 1.29 is 14.3 Å². The number of ether oxygens (including phenoxy) is 1. The molecular weight excluding hydrogens is 326 g/mol. The van der Waals surface area contributed by atoms with Gasteiger partial charge in [0.25, 0.3) is 5.91 Å². The minimum Gasteiger partial charge on any atom is -0.481 e. The van der Waals surface area contributed by atoms with Gasteiger partial charge >= 0.3 is 0 Å². The fourth-order valence-corrected chi connectivity index (χ4v) is 2.77. The molecule has 2 atom stereocenters. The van der Waals surface area contributed by atoms with Gasteiger partial charge in [-0.3, -0.25) is 9.59 Å². The summed E-state index contributed by atoms with van der Waals surface area (Å²) in [6, 6.07) is 17.1. The molecule has 0 saturated carbocycles. The lowest BCUT2D eigenvalue weighted by Gasteiger charge is -2.19. The first kappa shape index (κ1) is 19.7. The topological polar surface area (TPSA) is 55.4 Å². The lowest BCUT2D eigenvalue weighted by Crippen LogP contribution is -2.38. The molecule has 2 aromatic carbocycles. The van der Waals surface area contributed by atoms with Crippen molar-refractivity contribution in [3.05, 3.63) is 65.7 Å². The van der Waals surface area contributed by atoms with Crippen LogP contribution in [0, 0.1) is 0 Å². The van der Waals surface area contributed by atoms with E-state index in [0.29, 0.717) is 24.3 Å². The lowest BCUT2D eigenvalue weighted by molar-refractivity contribution is -0.127. The zero-order valence-electron chi connectivity index (χ0n) is 15.7. The van der Waals surface area contributed by atoms with Gasteiger partial charge in [-0.2, -0.15) is 0 Å². The number of benzene rings is 2. The van der Waals surface area contributed by atoms with Crippen molar-refractivity contribution in [3.63, 3.8) is 0 Å². The average Bonchev–Trinajstić information content (AvgIpc) is 2.69. The van der Waals surface area contributed by atoms with Crippen LogP contribution in [0.2, 0.25) is 0 Å². The Balaban J connectivity index is 1.88. The van der Waals surface area contributed by atoms with E-state index in [-0.39, 0.29) is 17.6 Å². The van der Waals surface area contributed by atoms with Gasteiger partial charge in [0.15, 0.2) is 11.9 Å². The maximum absolute atomic E-state index is 12.3. The number of ketones is 1. The highest BCUT2D eigenvalue weighted by atomic mass is 16.5. The van der Waals surface area contributed by atoms with Crippen molar-refractivity contribution in [2.45, 2.75) is 45.6 Å². The van der Waals surface area contributed by atoms with Crippen LogP contribution in [0.3, 0.4) is 0 Å². The van der Waals surface area contributed by atoms with Crippen molar-refractivity contribution in [1.29, 1.82) is 0 Å². The lowest BCUT2D eigenvalue weighted by atomic mass is 9.96. The highest BCUT2D eigenvalue weighted by Crippen LogP contribution is 2.18. The molecule has 2 aromatic rings. The normalized spacial score (nSPS) is 12.9. The molecule has 138 valence electrons. The molecule has 0 aromatic heterocycles. The van der Waals surface area contributed by atoms with E-state index in [1.807, 2.05) is 25.1 Å². The Labute approximate surface area is 155 Å². The fourth-order valence-electron chi connectivity index (χ4n) is 2.77. The predicted molar refractivity (Wildman–Crippen MR) is 104 cm³/mol. The summed E-state index contributed by atoms with van der Waals surface area (Å²) in [4.78, 5) is 24.0. The Morgan fingerprint density at radius 2 is 1.65 bits per heavy atom. The van der Waals surface area contributed by atoms with Gasteiger partial charge in [0.1, 0.15) is 5.75 Å². The van der Waals surface area contributed by atoms with Crippen LogP contribution < -0.4 is 10.1 Å². The largest absolute Gasteiger partial charge is 0.481 e. The molecule has 0 aliphatic rings. The first-order valence-electron chi connectivity index (χ1n) is 9.17. The van der Waals surface area contributed by atoms with E-state index in [2.05, 4.69) is 24.4 Å². The number of hydrogen-bond acceptors (Lipinski definition) is 3. The molecule has 4 heteroatoms. The van der Waals surface area contributed by atoms with Crippen LogP contribution in [0.5, 0.6) is 5.75 Å². The van der Waals surface area contributed by atoms with Crippen LogP contribution in [0.4, 0.5) is 0 Å². The molecule has 0 bridgehead atoms. The monoisotopic (exact) mass is 353 g/mol. The van der Waals surface area contributed by atoms with Gasteiger partial charge in [-0.1, -0.05) is 44.2 Å². The van der Waals surface area contributed by atoms with Crippen LogP contribution >= 0.6 is 0 Å². The van der Waals surface area contributed by atoms with E-state index in [4.69, 9.17) is 4.74 Å². The van der Waals surface area contributed by atoms with Crippen molar-refractivity contribution in [3.8, 4) is 5.75 Å². The third-order valence-electron chi connectivity index (χ3n) is 4.47. The Hall–Kier alpha value is -2.62. The first-order chi connectivity index (χ1) is 12.5. The quantitative estimate of drug-likeness (QED) is 0.682. The molecule has 0 aliphatic heterocycles. The first-order valence-corrected chi connectivity index (χ1v) is 9.17. The van der Waals surface area contributed by atoms with Crippen LogP contribution in [0.15, 0.2) is 54.6 Å². The molecule has 0 heterocycles. The Morgan fingerprint density at radius 1 is 1.00 bits per heavy atom. The number of carbonyl (C=O) groups is 2. The number of nitrogens with one attached hydrogen (secondary N) is 1. The average molecular weight is 353 g/mol. The summed E-state index contributed by atoms with van der Waals surface area (Å²) >= 11 is 0. The van der Waals surface area contributed by atoms with E-state index in [9.17, 15) is 9.59 Å². The van der Waals surface area contributed by atoms with Crippen LogP contribution in [0.25, 0.3) is 0 Å². The van der Waals surface area contributed by atoms with E-state index in [1.165, 1.54) is 5.56 Å². The molecule has 1 N–H and O–H groups in total. The smallest absolute Gasteiger partial charge is 0.260 e. The zero-order valence-corrected chi connectivity index (χ0v) is 15.7. The van der Waals surface area contributed by atoms with Gasteiger partial charge in [-0.15, -0.1) is 0 Å². The SMILES string of the molecule is CCC(=O)c1ccc(O[C@H](C)C(=O)NC[C@H](CC)c2ccccc2)cc1. The van der Waals surface area contributed by atoms with Crippen molar-refractivity contribution in [2.75, 3.05) is 6.54 Å². The minimum atomic E-state index is -0.601. The number of amides is 1. The summed E-state index contributed by atoms with van der Waals surface area (Å²) in [6.45, 7) is 6.25. The van der Waals surface area contributed by atoms with Crippen LogP contribution in [-0.2, 0) is 4.79 Å². The molecular formula is C22H27NO3. The van der Waals surface area contributed by atoms with Gasteiger partial charge < -0.3 is 10.1 Å². The summed E-state index contributed by atoms with van der Waals surface area (Å²) < 4.78 is 5.69.